The molecule has 2 aliphatic rings. The van der Waals surface area contributed by atoms with Gasteiger partial charge in [-0.15, -0.1) is 0 Å². The molecule has 0 spiro atoms. The van der Waals surface area contributed by atoms with E-state index in [1.165, 1.54) is 25.9 Å². The molecular formula is C16H30N4O. The number of likely N-dealkylation sites (tertiary alicyclic amines) is 1. The van der Waals surface area contributed by atoms with Gasteiger partial charge in [0.05, 0.1) is 6.61 Å². The summed E-state index contributed by atoms with van der Waals surface area (Å²) in [6.45, 7) is 5.31. The van der Waals surface area contributed by atoms with E-state index in [1.54, 1.807) is 7.11 Å². The molecule has 0 atom stereocenters. The van der Waals surface area contributed by atoms with Crippen LogP contribution in [0.3, 0.4) is 0 Å². The van der Waals surface area contributed by atoms with E-state index in [-0.39, 0.29) is 0 Å². The highest BCUT2D eigenvalue weighted by molar-refractivity contribution is 5.80. The average Bonchev–Trinajstić information content (AvgIpc) is 3.03. The van der Waals surface area contributed by atoms with Gasteiger partial charge in [-0.3, -0.25) is 4.99 Å². The molecule has 1 heterocycles. The van der Waals surface area contributed by atoms with E-state index in [4.69, 9.17) is 4.74 Å². The summed E-state index contributed by atoms with van der Waals surface area (Å²) >= 11 is 0. The largest absolute Gasteiger partial charge is 0.383 e. The Morgan fingerprint density at radius 2 is 2.00 bits per heavy atom. The summed E-state index contributed by atoms with van der Waals surface area (Å²) in [5.41, 5.74) is 0. The van der Waals surface area contributed by atoms with Gasteiger partial charge in [0.1, 0.15) is 0 Å². The number of hydrogen-bond acceptors (Lipinski definition) is 3. The summed E-state index contributed by atoms with van der Waals surface area (Å²) in [6, 6.07) is 0.520. The molecule has 2 rings (SSSR count). The molecule has 5 nitrogen and oxygen atoms in total. The van der Waals surface area contributed by atoms with Gasteiger partial charge in [-0.05, 0) is 44.7 Å². The number of rotatable bonds is 6. The highest BCUT2D eigenvalue weighted by Gasteiger charge is 2.19. The van der Waals surface area contributed by atoms with Crippen molar-refractivity contribution in [3.05, 3.63) is 12.2 Å². The summed E-state index contributed by atoms with van der Waals surface area (Å²) in [7, 11) is 3.63. The number of nitrogens with one attached hydrogen (secondary N) is 2. The Kier molecular flexibility index (Phi) is 7.03. The third-order valence-electron chi connectivity index (χ3n) is 4.45. The van der Waals surface area contributed by atoms with Gasteiger partial charge >= 0.3 is 0 Å². The molecule has 2 N–H and O–H groups in total. The molecule has 1 fully saturated rings. The molecule has 0 aromatic carbocycles. The number of nitrogens with zero attached hydrogens (tertiary/aromatic N) is 2. The second kappa shape index (κ2) is 9.05. The maximum absolute atomic E-state index is 5.15. The van der Waals surface area contributed by atoms with Crippen molar-refractivity contribution in [1.29, 1.82) is 0 Å². The standard InChI is InChI=1S/C16H30N4O/c1-17-16(19-15-5-3-4-6-15)18-13-14-7-9-20(10-8-14)11-12-21-2/h3-4,14-15H,5-13H2,1-2H3,(H2,17,18,19). The first kappa shape index (κ1) is 16.3. The topological polar surface area (TPSA) is 48.9 Å². The van der Waals surface area contributed by atoms with Gasteiger partial charge in [0, 0.05) is 33.3 Å². The fourth-order valence-corrected chi connectivity index (χ4v) is 3.00. The van der Waals surface area contributed by atoms with Gasteiger partial charge in [0.2, 0.25) is 0 Å². The Balaban J connectivity index is 1.61. The van der Waals surface area contributed by atoms with Crippen LogP contribution < -0.4 is 10.6 Å². The number of guanidine groups is 1. The Bertz CT molecular complexity index is 340. The molecule has 120 valence electrons. The first-order valence-electron chi connectivity index (χ1n) is 8.15. The van der Waals surface area contributed by atoms with Crippen LogP contribution >= 0.6 is 0 Å². The van der Waals surface area contributed by atoms with Gasteiger partial charge in [-0.1, -0.05) is 12.2 Å². The second-order valence-corrected chi connectivity index (χ2v) is 6.02. The zero-order valence-corrected chi connectivity index (χ0v) is 13.5. The van der Waals surface area contributed by atoms with Crippen LogP contribution in [0.15, 0.2) is 17.1 Å². The van der Waals surface area contributed by atoms with E-state index in [9.17, 15) is 0 Å². The monoisotopic (exact) mass is 294 g/mol. The molecule has 0 aromatic heterocycles. The molecule has 21 heavy (non-hydrogen) atoms. The van der Waals surface area contributed by atoms with Crippen molar-refractivity contribution in [2.75, 3.05) is 46.9 Å². The van der Waals surface area contributed by atoms with Crippen LogP contribution in [-0.2, 0) is 4.74 Å². The predicted octanol–water partition coefficient (Wildman–Crippen LogP) is 1.23. The zero-order valence-electron chi connectivity index (χ0n) is 13.5. The van der Waals surface area contributed by atoms with Crippen molar-refractivity contribution in [1.82, 2.24) is 15.5 Å². The molecule has 0 saturated carbocycles. The lowest BCUT2D eigenvalue weighted by molar-refractivity contribution is 0.121. The van der Waals surface area contributed by atoms with Gasteiger partial charge in [0.25, 0.3) is 0 Å². The fourth-order valence-electron chi connectivity index (χ4n) is 3.00. The van der Waals surface area contributed by atoms with Gasteiger partial charge in [-0.2, -0.15) is 0 Å². The average molecular weight is 294 g/mol. The number of piperidine rings is 1. The lowest BCUT2D eigenvalue weighted by Crippen LogP contribution is -2.45. The van der Waals surface area contributed by atoms with E-state index in [0.717, 1.165) is 44.4 Å². The molecule has 1 saturated heterocycles. The summed E-state index contributed by atoms with van der Waals surface area (Å²) < 4.78 is 5.15. The van der Waals surface area contributed by atoms with Crippen molar-refractivity contribution >= 4 is 5.96 Å². The van der Waals surface area contributed by atoms with E-state index in [2.05, 4.69) is 32.7 Å². The summed E-state index contributed by atoms with van der Waals surface area (Å²) in [6.07, 6.45) is 9.22. The summed E-state index contributed by atoms with van der Waals surface area (Å²) in [4.78, 5) is 6.83. The van der Waals surface area contributed by atoms with Crippen LogP contribution in [0.5, 0.6) is 0 Å². The number of ether oxygens (including phenoxy) is 1. The maximum atomic E-state index is 5.15. The number of hydrogen-bond donors (Lipinski definition) is 2. The first-order chi connectivity index (χ1) is 10.3. The van der Waals surface area contributed by atoms with Crippen molar-refractivity contribution in [3.8, 4) is 0 Å². The third-order valence-corrected chi connectivity index (χ3v) is 4.45. The quantitative estimate of drug-likeness (QED) is 0.439. The molecule has 1 aliphatic heterocycles. The van der Waals surface area contributed by atoms with E-state index >= 15 is 0 Å². The Hall–Kier alpha value is -1.07. The van der Waals surface area contributed by atoms with Crippen LogP contribution in [0.4, 0.5) is 0 Å². The van der Waals surface area contributed by atoms with Gasteiger partial charge in [-0.25, -0.2) is 0 Å². The maximum Gasteiger partial charge on any atom is 0.191 e. The molecular weight excluding hydrogens is 264 g/mol. The van der Waals surface area contributed by atoms with Crippen molar-refractivity contribution in [3.63, 3.8) is 0 Å². The van der Waals surface area contributed by atoms with Crippen molar-refractivity contribution in [2.45, 2.75) is 31.7 Å². The fraction of sp³-hybridized carbons (Fsp3) is 0.812. The van der Waals surface area contributed by atoms with Crippen LogP contribution in [-0.4, -0.2) is 63.8 Å². The third kappa shape index (κ3) is 5.67. The SMILES string of the molecule is CN=C(NCC1CCN(CCOC)CC1)NC1CC=CC1. The number of aliphatic imine (C=N–C) groups is 1. The Morgan fingerprint density at radius 3 is 2.62 bits per heavy atom. The minimum Gasteiger partial charge on any atom is -0.383 e. The molecule has 5 heteroatoms. The highest BCUT2D eigenvalue weighted by atomic mass is 16.5. The van der Waals surface area contributed by atoms with Gasteiger partial charge < -0.3 is 20.3 Å². The van der Waals surface area contributed by atoms with E-state index in [0.29, 0.717) is 6.04 Å². The predicted molar refractivity (Wildman–Crippen MR) is 87.7 cm³/mol. The van der Waals surface area contributed by atoms with Crippen LogP contribution in [0, 0.1) is 5.92 Å². The second-order valence-electron chi connectivity index (χ2n) is 6.02. The van der Waals surface area contributed by atoms with E-state index in [1.807, 2.05) is 7.05 Å². The van der Waals surface area contributed by atoms with Crippen molar-refractivity contribution in [2.24, 2.45) is 10.9 Å². The summed E-state index contributed by atoms with van der Waals surface area (Å²) in [5.74, 6) is 1.70. The Morgan fingerprint density at radius 1 is 1.29 bits per heavy atom. The van der Waals surface area contributed by atoms with Crippen molar-refractivity contribution < 1.29 is 4.74 Å². The lowest BCUT2D eigenvalue weighted by Gasteiger charge is -2.32. The van der Waals surface area contributed by atoms with Crippen LogP contribution in [0.2, 0.25) is 0 Å². The van der Waals surface area contributed by atoms with Crippen LogP contribution in [0.25, 0.3) is 0 Å². The number of methoxy groups -OCH3 is 1. The molecule has 0 aromatic rings. The molecule has 0 amide bonds. The molecule has 0 bridgehead atoms. The minimum atomic E-state index is 0.520. The molecule has 0 radical (unpaired) electrons. The Labute approximate surface area is 128 Å². The van der Waals surface area contributed by atoms with Gasteiger partial charge in [0.15, 0.2) is 5.96 Å². The molecule has 1 aliphatic carbocycles. The zero-order chi connectivity index (χ0) is 14.9. The van der Waals surface area contributed by atoms with E-state index < -0.39 is 0 Å². The summed E-state index contributed by atoms with van der Waals surface area (Å²) in [5, 5.41) is 6.98. The highest BCUT2D eigenvalue weighted by Crippen LogP contribution is 2.16. The first-order valence-corrected chi connectivity index (χ1v) is 8.15. The minimum absolute atomic E-state index is 0.520. The lowest BCUT2D eigenvalue weighted by atomic mass is 9.97. The molecule has 0 unspecified atom stereocenters. The van der Waals surface area contributed by atoms with Crippen LogP contribution in [0.1, 0.15) is 25.7 Å². The normalized spacial score (nSPS) is 21.9. The smallest absolute Gasteiger partial charge is 0.191 e.